The number of aliphatic hydroxyl groups excluding tert-OH is 1. The van der Waals surface area contributed by atoms with E-state index in [1.165, 1.54) is 18.0 Å². The lowest BCUT2D eigenvalue weighted by Crippen LogP contribution is -2.32. The van der Waals surface area contributed by atoms with Gasteiger partial charge in [-0.2, -0.15) is 4.98 Å². The lowest BCUT2D eigenvalue weighted by Gasteiger charge is -2.25. The molecule has 2 heterocycles. The summed E-state index contributed by atoms with van der Waals surface area (Å²) in [6.07, 6.45) is 5.90. The Bertz CT molecular complexity index is 790. The summed E-state index contributed by atoms with van der Waals surface area (Å²) >= 11 is 0. The van der Waals surface area contributed by atoms with E-state index >= 15 is 0 Å². The molecule has 136 valence electrons. The summed E-state index contributed by atoms with van der Waals surface area (Å²) in [7, 11) is 0. The lowest BCUT2D eigenvalue weighted by atomic mass is 9.99. The maximum atomic E-state index is 11.4. The molecule has 26 heavy (non-hydrogen) atoms. The van der Waals surface area contributed by atoms with Crippen molar-refractivity contribution in [3.05, 3.63) is 48.3 Å². The number of amides is 1. The van der Waals surface area contributed by atoms with Gasteiger partial charge in [0.05, 0.1) is 19.0 Å². The van der Waals surface area contributed by atoms with Crippen LogP contribution >= 0.6 is 0 Å². The number of carbonyl (C=O) groups excluding carboxylic acids is 1. The van der Waals surface area contributed by atoms with Gasteiger partial charge in [0.25, 0.3) is 0 Å². The molecule has 2 aromatic rings. The van der Waals surface area contributed by atoms with E-state index in [1.54, 1.807) is 6.92 Å². The highest BCUT2D eigenvalue weighted by Crippen LogP contribution is 2.26. The first-order valence-electron chi connectivity index (χ1n) is 8.44. The number of aliphatic hydroxyl groups is 1. The smallest absolute Gasteiger partial charge is 0.241 e. The van der Waals surface area contributed by atoms with E-state index in [9.17, 15) is 4.79 Å². The van der Waals surface area contributed by atoms with E-state index in [-0.39, 0.29) is 19.1 Å². The van der Waals surface area contributed by atoms with Crippen LogP contribution in [0.5, 0.6) is 17.5 Å². The predicted octanol–water partition coefficient (Wildman–Crippen LogP) is 2.28. The number of rotatable bonds is 6. The minimum absolute atomic E-state index is 0.0890. The largest absolute Gasteiger partial charge is 0.474 e. The molecule has 0 bridgehead atoms. The second-order valence-electron chi connectivity index (χ2n) is 5.84. The van der Waals surface area contributed by atoms with Crippen molar-refractivity contribution in [1.82, 2.24) is 14.9 Å². The summed E-state index contributed by atoms with van der Waals surface area (Å²) in [5, 5.41) is 8.78. The van der Waals surface area contributed by atoms with E-state index in [2.05, 4.69) is 16.0 Å². The molecular weight excluding hydrogens is 334 g/mol. The Morgan fingerprint density at radius 2 is 2.00 bits per heavy atom. The monoisotopic (exact) mass is 355 g/mol. The molecule has 7 heteroatoms. The molecule has 7 nitrogen and oxygen atoms in total. The first kappa shape index (κ1) is 17.9. The highest BCUT2D eigenvalue weighted by atomic mass is 16.5. The van der Waals surface area contributed by atoms with Crippen molar-refractivity contribution < 1.29 is 19.4 Å². The average Bonchev–Trinajstić information content (AvgIpc) is 2.67. The van der Waals surface area contributed by atoms with Crippen LogP contribution in [0.25, 0.3) is 5.57 Å². The van der Waals surface area contributed by atoms with Crippen molar-refractivity contribution in [2.24, 2.45) is 0 Å². The van der Waals surface area contributed by atoms with E-state index in [0.29, 0.717) is 24.1 Å². The molecule has 1 aromatic heterocycles. The molecule has 0 spiro atoms. The van der Waals surface area contributed by atoms with Crippen molar-refractivity contribution in [2.45, 2.75) is 13.3 Å². The second-order valence-corrected chi connectivity index (χ2v) is 5.84. The van der Waals surface area contributed by atoms with Gasteiger partial charge in [-0.3, -0.25) is 9.78 Å². The Morgan fingerprint density at radius 3 is 2.65 bits per heavy atom. The highest BCUT2D eigenvalue weighted by Gasteiger charge is 2.14. The normalized spacial score (nSPS) is 13.9. The van der Waals surface area contributed by atoms with Gasteiger partial charge in [-0.1, -0.05) is 18.2 Å². The summed E-state index contributed by atoms with van der Waals surface area (Å²) in [5.41, 5.74) is 2.35. The number of benzene rings is 1. The number of nitrogens with zero attached hydrogens (tertiary/aromatic N) is 3. The fourth-order valence-corrected chi connectivity index (χ4v) is 2.68. The van der Waals surface area contributed by atoms with Gasteiger partial charge in [-0.15, -0.1) is 0 Å². The van der Waals surface area contributed by atoms with E-state index in [0.717, 1.165) is 18.5 Å². The maximum Gasteiger partial charge on any atom is 0.241 e. The molecule has 0 saturated heterocycles. The number of hydrogen-bond acceptors (Lipinski definition) is 6. The Balaban J connectivity index is 1.64. The molecule has 1 aromatic carbocycles. The van der Waals surface area contributed by atoms with Crippen LogP contribution in [0.15, 0.2) is 42.7 Å². The van der Waals surface area contributed by atoms with Crippen LogP contribution in [0.3, 0.4) is 0 Å². The Kier molecular flexibility index (Phi) is 5.80. The Hall–Kier alpha value is -2.93. The van der Waals surface area contributed by atoms with Crippen molar-refractivity contribution in [2.75, 3.05) is 26.3 Å². The molecule has 0 saturated carbocycles. The number of carbonyl (C=O) groups is 1. The first-order chi connectivity index (χ1) is 12.7. The number of aromatic nitrogens is 2. The van der Waals surface area contributed by atoms with E-state index in [4.69, 9.17) is 14.6 Å². The molecule has 0 unspecified atom stereocenters. The van der Waals surface area contributed by atoms with Gasteiger partial charge in [0, 0.05) is 20.0 Å². The first-order valence-corrected chi connectivity index (χ1v) is 8.44. The molecule has 1 aliphatic rings. The van der Waals surface area contributed by atoms with E-state index in [1.807, 2.05) is 29.2 Å². The van der Waals surface area contributed by atoms with Gasteiger partial charge in [0.1, 0.15) is 12.4 Å². The predicted molar refractivity (Wildman–Crippen MR) is 96.0 cm³/mol. The minimum atomic E-state index is -0.0890. The Labute approximate surface area is 151 Å². The lowest BCUT2D eigenvalue weighted by molar-refractivity contribution is -0.128. The summed E-state index contributed by atoms with van der Waals surface area (Å²) in [5.74, 6) is 1.37. The molecule has 1 amide bonds. The fourth-order valence-electron chi connectivity index (χ4n) is 2.68. The zero-order valence-corrected chi connectivity index (χ0v) is 14.6. The summed E-state index contributed by atoms with van der Waals surface area (Å²) in [4.78, 5) is 21.4. The van der Waals surface area contributed by atoms with Crippen molar-refractivity contribution >= 4 is 11.5 Å². The molecule has 1 N–H and O–H groups in total. The van der Waals surface area contributed by atoms with Crippen LogP contribution in [0.4, 0.5) is 0 Å². The quantitative estimate of drug-likeness (QED) is 0.856. The second kappa shape index (κ2) is 8.44. The standard InChI is InChI=1S/C19H21N3O4/c1-14(24)22-8-6-16(7-9-22)15-2-4-17(5-3-15)26-19-13-20-12-18(21-19)25-11-10-23/h2-6,12-13,23H,7-11H2,1H3. The molecule has 1 aliphatic heterocycles. The summed E-state index contributed by atoms with van der Waals surface area (Å²) < 4.78 is 10.9. The Morgan fingerprint density at radius 1 is 1.23 bits per heavy atom. The van der Waals surface area contributed by atoms with Crippen LogP contribution in [0.2, 0.25) is 0 Å². The van der Waals surface area contributed by atoms with E-state index < -0.39 is 0 Å². The molecular formula is C19H21N3O4. The van der Waals surface area contributed by atoms with Crippen molar-refractivity contribution in [3.63, 3.8) is 0 Å². The fraction of sp³-hybridized carbons (Fsp3) is 0.316. The van der Waals surface area contributed by atoms with Crippen LogP contribution in [-0.4, -0.2) is 52.2 Å². The molecule has 3 rings (SSSR count). The van der Waals surface area contributed by atoms with Crippen molar-refractivity contribution in [3.8, 4) is 17.5 Å². The van der Waals surface area contributed by atoms with Gasteiger partial charge in [-0.05, 0) is 29.7 Å². The van der Waals surface area contributed by atoms with Gasteiger partial charge in [0.15, 0.2) is 0 Å². The molecule has 0 radical (unpaired) electrons. The van der Waals surface area contributed by atoms with Gasteiger partial charge < -0.3 is 19.5 Å². The van der Waals surface area contributed by atoms with Gasteiger partial charge in [-0.25, -0.2) is 0 Å². The summed E-state index contributed by atoms with van der Waals surface area (Å²) in [6, 6.07) is 7.72. The highest BCUT2D eigenvalue weighted by molar-refractivity contribution is 5.76. The zero-order valence-electron chi connectivity index (χ0n) is 14.6. The maximum absolute atomic E-state index is 11.4. The molecule has 0 aliphatic carbocycles. The number of hydrogen-bond donors (Lipinski definition) is 1. The van der Waals surface area contributed by atoms with Crippen LogP contribution in [0, 0.1) is 0 Å². The number of ether oxygens (including phenoxy) is 2. The van der Waals surface area contributed by atoms with Crippen LogP contribution < -0.4 is 9.47 Å². The topological polar surface area (TPSA) is 84.8 Å². The van der Waals surface area contributed by atoms with Gasteiger partial charge in [0.2, 0.25) is 17.7 Å². The van der Waals surface area contributed by atoms with Crippen LogP contribution in [0.1, 0.15) is 18.9 Å². The van der Waals surface area contributed by atoms with Crippen LogP contribution in [-0.2, 0) is 4.79 Å². The zero-order chi connectivity index (χ0) is 18.4. The SMILES string of the molecule is CC(=O)N1CC=C(c2ccc(Oc3cncc(OCCO)n3)cc2)CC1. The third-order valence-corrected chi connectivity index (χ3v) is 4.03. The third kappa shape index (κ3) is 4.58. The molecule has 0 atom stereocenters. The minimum Gasteiger partial charge on any atom is -0.474 e. The summed E-state index contributed by atoms with van der Waals surface area (Å²) in [6.45, 7) is 3.06. The average molecular weight is 355 g/mol. The third-order valence-electron chi connectivity index (χ3n) is 4.03. The van der Waals surface area contributed by atoms with Gasteiger partial charge >= 0.3 is 0 Å². The molecule has 0 fully saturated rings. The van der Waals surface area contributed by atoms with Crippen molar-refractivity contribution in [1.29, 1.82) is 0 Å².